The van der Waals surface area contributed by atoms with Gasteiger partial charge in [0.05, 0.1) is 6.54 Å². The Bertz CT molecular complexity index is 922. The molecule has 1 saturated heterocycles. The highest BCUT2D eigenvalue weighted by atomic mass is 16.7. The molecule has 0 bridgehead atoms. The van der Waals surface area contributed by atoms with Gasteiger partial charge in [0.15, 0.2) is 22.9 Å². The molecular formula is C25H30N2O4. The van der Waals surface area contributed by atoms with E-state index >= 15 is 0 Å². The Morgan fingerprint density at radius 2 is 1.68 bits per heavy atom. The van der Waals surface area contributed by atoms with Crippen LogP contribution in [-0.2, 0) is 16.9 Å². The molecule has 0 radical (unpaired) electrons. The molecule has 0 spiro atoms. The number of carbonyl (C=O) groups excluding carboxylic acids is 1. The van der Waals surface area contributed by atoms with Gasteiger partial charge >= 0.3 is 0 Å². The summed E-state index contributed by atoms with van der Waals surface area (Å²) in [6, 6.07) is 15.6. The molecule has 1 N–H and O–H groups in total. The third-order valence-electron chi connectivity index (χ3n) is 7.01. The number of carbonyl (C=O) groups is 1. The molecule has 1 unspecified atom stereocenters. The minimum Gasteiger partial charge on any atom is -0.454 e. The summed E-state index contributed by atoms with van der Waals surface area (Å²) in [4.78, 5) is 17.9. The molecule has 6 heteroatoms. The van der Waals surface area contributed by atoms with Gasteiger partial charge in [0, 0.05) is 32.7 Å². The summed E-state index contributed by atoms with van der Waals surface area (Å²) in [5.41, 5.74) is 0.590. The summed E-state index contributed by atoms with van der Waals surface area (Å²) >= 11 is 0. The molecule has 164 valence electrons. The number of nitrogens with zero attached hydrogens (tertiary/aromatic N) is 2. The maximum absolute atomic E-state index is 13.3. The van der Waals surface area contributed by atoms with Gasteiger partial charge in [0.25, 0.3) is 0 Å². The van der Waals surface area contributed by atoms with E-state index in [1.54, 1.807) is 0 Å². The van der Waals surface area contributed by atoms with Gasteiger partial charge in [-0.25, -0.2) is 0 Å². The molecule has 1 aliphatic carbocycles. The van der Waals surface area contributed by atoms with Crippen LogP contribution in [0.3, 0.4) is 0 Å². The maximum atomic E-state index is 13.3. The topological polar surface area (TPSA) is 62.2 Å². The van der Waals surface area contributed by atoms with Gasteiger partial charge in [-0.15, -0.1) is 0 Å². The smallest absolute Gasteiger partial charge is 0.231 e. The summed E-state index contributed by atoms with van der Waals surface area (Å²) in [5.74, 6) is 1.60. The van der Waals surface area contributed by atoms with Gasteiger partial charge in [-0.3, -0.25) is 14.6 Å². The Kier molecular flexibility index (Phi) is 5.69. The number of piperazine rings is 1. The number of rotatable bonds is 7. The third-order valence-corrected chi connectivity index (χ3v) is 7.01. The monoisotopic (exact) mass is 422 g/mol. The lowest BCUT2D eigenvalue weighted by Gasteiger charge is -2.42. The van der Waals surface area contributed by atoms with Crippen LogP contribution in [0.4, 0.5) is 0 Å². The largest absolute Gasteiger partial charge is 0.454 e. The fourth-order valence-corrected chi connectivity index (χ4v) is 4.87. The van der Waals surface area contributed by atoms with Crippen LogP contribution in [0, 0.1) is 5.92 Å². The Labute approximate surface area is 183 Å². The zero-order chi connectivity index (χ0) is 21.3. The van der Waals surface area contributed by atoms with E-state index < -0.39 is 5.60 Å². The van der Waals surface area contributed by atoms with Gasteiger partial charge in [-0.2, -0.15) is 0 Å². The first-order valence-corrected chi connectivity index (χ1v) is 11.3. The van der Waals surface area contributed by atoms with Crippen molar-refractivity contribution in [2.75, 3.05) is 39.5 Å². The molecule has 2 aromatic rings. The molecule has 2 fully saturated rings. The first-order chi connectivity index (χ1) is 15.1. The van der Waals surface area contributed by atoms with Crippen molar-refractivity contribution in [1.29, 1.82) is 0 Å². The van der Waals surface area contributed by atoms with E-state index in [1.165, 1.54) is 5.56 Å². The standard InChI is InChI=1S/C25H30N2O4/c28-24(25(29,21-7-4-8-21)20-5-2-1-3-6-20)17-27-13-11-26(12-14-27)16-19-9-10-22-23(15-19)31-18-30-22/h1-3,5-6,9-10,15,21,29H,4,7-8,11-14,16-18H2. The van der Waals surface area contributed by atoms with Gasteiger partial charge in [0.2, 0.25) is 6.79 Å². The second-order valence-corrected chi connectivity index (χ2v) is 8.92. The van der Waals surface area contributed by atoms with E-state index in [0.29, 0.717) is 13.3 Å². The van der Waals surface area contributed by atoms with E-state index in [4.69, 9.17) is 9.47 Å². The van der Waals surface area contributed by atoms with Gasteiger partial charge in [-0.1, -0.05) is 42.8 Å². The van der Waals surface area contributed by atoms with Gasteiger partial charge in [-0.05, 0) is 42.0 Å². The van der Waals surface area contributed by atoms with Crippen LogP contribution < -0.4 is 9.47 Å². The van der Waals surface area contributed by atoms with E-state index in [0.717, 1.165) is 69.0 Å². The van der Waals surface area contributed by atoms with Crippen LogP contribution in [0.2, 0.25) is 0 Å². The van der Waals surface area contributed by atoms with E-state index in [2.05, 4.69) is 21.9 Å². The predicted octanol–water partition coefficient (Wildman–Crippen LogP) is 2.79. The Morgan fingerprint density at radius 1 is 0.968 bits per heavy atom. The average Bonchev–Trinajstić information content (AvgIpc) is 3.22. The number of hydrogen-bond acceptors (Lipinski definition) is 6. The zero-order valence-corrected chi connectivity index (χ0v) is 17.8. The first kappa shape index (κ1) is 20.5. The van der Waals surface area contributed by atoms with Gasteiger partial charge in [0.1, 0.15) is 0 Å². The maximum Gasteiger partial charge on any atom is 0.231 e. The highest BCUT2D eigenvalue weighted by molar-refractivity contribution is 5.90. The van der Waals surface area contributed by atoms with Crippen molar-refractivity contribution < 1.29 is 19.4 Å². The van der Waals surface area contributed by atoms with Crippen molar-refractivity contribution in [3.63, 3.8) is 0 Å². The lowest BCUT2D eigenvalue weighted by molar-refractivity contribution is -0.151. The number of hydrogen-bond donors (Lipinski definition) is 1. The SMILES string of the molecule is O=C(CN1CCN(Cc2ccc3c(c2)OCO3)CC1)C(O)(c1ccccc1)C1CCC1. The Hall–Kier alpha value is -2.41. The van der Waals surface area contributed by atoms with Crippen molar-refractivity contribution in [3.8, 4) is 11.5 Å². The van der Waals surface area contributed by atoms with Crippen molar-refractivity contribution in [3.05, 3.63) is 59.7 Å². The summed E-state index contributed by atoms with van der Waals surface area (Å²) in [6.45, 7) is 4.90. The lowest BCUT2D eigenvalue weighted by Crippen LogP contribution is -2.53. The van der Waals surface area contributed by atoms with E-state index in [1.807, 2.05) is 36.4 Å². The summed E-state index contributed by atoms with van der Waals surface area (Å²) in [5, 5.41) is 11.5. The first-order valence-electron chi connectivity index (χ1n) is 11.3. The zero-order valence-electron chi connectivity index (χ0n) is 17.8. The molecule has 31 heavy (non-hydrogen) atoms. The molecule has 1 saturated carbocycles. The van der Waals surface area contributed by atoms with Gasteiger partial charge < -0.3 is 14.6 Å². The van der Waals surface area contributed by atoms with Crippen LogP contribution in [-0.4, -0.2) is 60.2 Å². The fraction of sp³-hybridized carbons (Fsp3) is 0.480. The number of aliphatic hydroxyl groups is 1. The second kappa shape index (κ2) is 8.61. The molecule has 1 atom stereocenters. The molecular weight excluding hydrogens is 392 g/mol. The Morgan fingerprint density at radius 3 is 2.39 bits per heavy atom. The summed E-state index contributed by atoms with van der Waals surface area (Å²) in [7, 11) is 0. The van der Waals surface area contributed by atoms with Crippen LogP contribution >= 0.6 is 0 Å². The van der Waals surface area contributed by atoms with Crippen molar-refractivity contribution >= 4 is 5.78 Å². The van der Waals surface area contributed by atoms with E-state index in [-0.39, 0.29) is 11.7 Å². The number of fused-ring (bicyclic) bond motifs is 1. The molecule has 2 aliphatic heterocycles. The van der Waals surface area contributed by atoms with Crippen molar-refractivity contribution in [1.82, 2.24) is 9.80 Å². The highest BCUT2D eigenvalue weighted by Gasteiger charge is 2.47. The predicted molar refractivity (Wildman–Crippen MR) is 117 cm³/mol. The summed E-state index contributed by atoms with van der Waals surface area (Å²) in [6.07, 6.45) is 2.92. The third kappa shape index (κ3) is 4.07. The van der Waals surface area contributed by atoms with Crippen molar-refractivity contribution in [2.24, 2.45) is 5.92 Å². The summed E-state index contributed by atoms with van der Waals surface area (Å²) < 4.78 is 10.9. The molecule has 3 aliphatic rings. The molecule has 0 aromatic heterocycles. The number of ketones is 1. The fourth-order valence-electron chi connectivity index (χ4n) is 4.87. The number of ether oxygens (including phenoxy) is 2. The van der Waals surface area contributed by atoms with Crippen molar-refractivity contribution in [2.45, 2.75) is 31.4 Å². The minimum absolute atomic E-state index is 0.0368. The van der Waals surface area contributed by atoms with Crippen LogP contribution in [0.15, 0.2) is 48.5 Å². The molecule has 5 rings (SSSR count). The molecule has 2 heterocycles. The number of Topliss-reactive ketones (excluding diaryl/α,β-unsaturated/α-hetero) is 1. The highest BCUT2D eigenvalue weighted by Crippen LogP contribution is 2.43. The molecule has 2 aromatic carbocycles. The quantitative estimate of drug-likeness (QED) is 0.740. The normalized spacial score (nSPS) is 21.5. The van der Waals surface area contributed by atoms with E-state index in [9.17, 15) is 9.90 Å². The average molecular weight is 423 g/mol. The molecule has 6 nitrogen and oxygen atoms in total. The lowest BCUT2D eigenvalue weighted by atomic mass is 9.67. The Balaban J connectivity index is 1.18. The second-order valence-electron chi connectivity index (χ2n) is 8.92. The molecule has 0 amide bonds. The number of benzene rings is 2. The van der Waals surface area contributed by atoms with Crippen LogP contribution in [0.5, 0.6) is 11.5 Å². The van der Waals surface area contributed by atoms with Crippen LogP contribution in [0.25, 0.3) is 0 Å². The minimum atomic E-state index is -1.36. The van der Waals surface area contributed by atoms with Crippen LogP contribution in [0.1, 0.15) is 30.4 Å².